The summed E-state index contributed by atoms with van der Waals surface area (Å²) in [5, 5.41) is 11.4. The van der Waals surface area contributed by atoms with E-state index >= 15 is 0 Å². The van der Waals surface area contributed by atoms with Crippen LogP contribution in [0.3, 0.4) is 0 Å². The first-order valence-corrected chi connectivity index (χ1v) is 6.54. The monoisotopic (exact) mass is 276 g/mol. The maximum absolute atomic E-state index is 12.7. The van der Waals surface area contributed by atoms with E-state index in [1.807, 2.05) is 4.90 Å². The maximum atomic E-state index is 12.7. The smallest absolute Gasteiger partial charge is 0.238 e. The van der Waals surface area contributed by atoms with Crippen LogP contribution in [0.1, 0.15) is 0 Å². The second kappa shape index (κ2) is 6.98. The molecule has 0 saturated carbocycles. The Bertz CT molecular complexity index is 489. The topological polar surface area (TPSA) is 59.4 Å². The van der Waals surface area contributed by atoms with Crippen LogP contribution in [0.2, 0.25) is 0 Å². The molecule has 0 atom stereocenters. The number of amides is 1. The minimum absolute atomic E-state index is 0.106. The van der Waals surface area contributed by atoms with E-state index in [2.05, 4.69) is 16.3 Å². The van der Waals surface area contributed by atoms with Crippen LogP contribution in [-0.2, 0) is 4.79 Å². The van der Waals surface area contributed by atoms with E-state index in [1.54, 1.807) is 0 Å². The molecule has 0 aliphatic carbocycles. The van der Waals surface area contributed by atoms with Gasteiger partial charge in [0.25, 0.3) is 0 Å². The highest BCUT2D eigenvalue weighted by Gasteiger charge is 2.18. The van der Waals surface area contributed by atoms with Gasteiger partial charge in [-0.05, 0) is 24.3 Å². The van der Waals surface area contributed by atoms with Crippen molar-refractivity contribution in [2.24, 2.45) is 0 Å². The fraction of sp³-hybridized carbons (Fsp3) is 0.429. The summed E-state index contributed by atoms with van der Waals surface area (Å²) in [4.78, 5) is 16.0. The molecule has 106 valence electrons. The molecule has 20 heavy (non-hydrogen) atoms. The lowest BCUT2D eigenvalue weighted by Gasteiger charge is -2.32. The van der Waals surface area contributed by atoms with Gasteiger partial charge < -0.3 is 5.32 Å². The van der Waals surface area contributed by atoms with Gasteiger partial charge >= 0.3 is 0 Å². The van der Waals surface area contributed by atoms with Crippen LogP contribution in [0.4, 0.5) is 10.1 Å². The van der Waals surface area contributed by atoms with E-state index in [4.69, 9.17) is 5.26 Å². The van der Waals surface area contributed by atoms with Crippen molar-refractivity contribution in [2.45, 2.75) is 0 Å². The van der Waals surface area contributed by atoms with Crippen molar-refractivity contribution in [1.82, 2.24) is 9.80 Å². The lowest BCUT2D eigenvalue weighted by atomic mass is 10.3. The quantitative estimate of drug-likeness (QED) is 0.830. The number of piperazine rings is 1. The number of halogens is 1. The van der Waals surface area contributed by atoms with Crippen molar-refractivity contribution >= 4 is 11.6 Å². The zero-order chi connectivity index (χ0) is 14.4. The third-order valence-electron chi connectivity index (χ3n) is 3.25. The third-order valence-corrected chi connectivity index (χ3v) is 3.25. The number of carbonyl (C=O) groups is 1. The summed E-state index contributed by atoms with van der Waals surface area (Å²) in [5.41, 5.74) is 0.597. The first kappa shape index (κ1) is 14.4. The molecule has 1 amide bonds. The Morgan fingerprint density at radius 3 is 2.40 bits per heavy atom. The first-order chi connectivity index (χ1) is 9.67. The normalized spacial score (nSPS) is 16.6. The second-order valence-corrected chi connectivity index (χ2v) is 4.77. The summed E-state index contributed by atoms with van der Waals surface area (Å²) in [6.45, 7) is 3.92. The molecular weight excluding hydrogens is 259 g/mol. The number of nitrogens with one attached hydrogen (secondary N) is 1. The predicted octanol–water partition coefficient (Wildman–Crippen LogP) is 0.905. The van der Waals surface area contributed by atoms with Crippen molar-refractivity contribution in [2.75, 3.05) is 44.6 Å². The summed E-state index contributed by atoms with van der Waals surface area (Å²) < 4.78 is 12.7. The molecule has 5 nitrogen and oxygen atoms in total. The van der Waals surface area contributed by atoms with Gasteiger partial charge in [-0.15, -0.1) is 0 Å². The highest BCUT2D eigenvalue weighted by atomic mass is 19.1. The lowest BCUT2D eigenvalue weighted by molar-refractivity contribution is -0.117. The Morgan fingerprint density at radius 1 is 1.20 bits per heavy atom. The number of hydrogen-bond acceptors (Lipinski definition) is 4. The lowest BCUT2D eigenvalue weighted by Crippen LogP contribution is -2.48. The van der Waals surface area contributed by atoms with Crippen LogP contribution in [0.15, 0.2) is 24.3 Å². The molecule has 1 heterocycles. The van der Waals surface area contributed by atoms with Crippen molar-refractivity contribution in [1.29, 1.82) is 5.26 Å². The number of hydrogen-bond donors (Lipinski definition) is 1. The van der Waals surface area contributed by atoms with Crippen molar-refractivity contribution < 1.29 is 9.18 Å². The minimum atomic E-state index is -0.323. The number of nitrogens with zero attached hydrogens (tertiary/aromatic N) is 3. The zero-order valence-electron chi connectivity index (χ0n) is 11.2. The third kappa shape index (κ3) is 4.30. The molecule has 1 fully saturated rings. The summed E-state index contributed by atoms with van der Waals surface area (Å²) in [7, 11) is 0. The summed E-state index contributed by atoms with van der Waals surface area (Å²) in [5.74, 6) is -0.429. The molecule has 1 aromatic carbocycles. The maximum Gasteiger partial charge on any atom is 0.238 e. The Kier molecular flexibility index (Phi) is 5.04. The average molecular weight is 276 g/mol. The SMILES string of the molecule is N#CCN1CCN(CC(=O)Nc2ccc(F)cc2)CC1. The van der Waals surface area contributed by atoms with Crippen molar-refractivity contribution in [3.05, 3.63) is 30.1 Å². The first-order valence-electron chi connectivity index (χ1n) is 6.54. The summed E-state index contributed by atoms with van der Waals surface area (Å²) in [6, 6.07) is 7.84. The van der Waals surface area contributed by atoms with E-state index in [0.29, 0.717) is 18.8 Å². The second-order valence-electron chi connectivity index (χ2n) is 4.77. The number of rotatable bonds is 4. The molecule has 1 saturated heterocycles. The van der Waals surface area contributed by atoms with Gasteiger partial charge in [0.05, 0.1) is 19.2 Å². The van der Waals surface area contributed by atoms with Gasteiger partial charge in [-0.1, -0.05) is 0 Å². The van der Waals surface area contributed by atoms with Crippen molar-refractivity contribution in [3.8, 4) is 6.07 Å². The fourth-order valence-corrected chi connectivity index (χ4v) is 2.14. The van der Waals surface area contributed by atoms with E-state index in [9.17, 15) is 9.18 Å². The van der Waals surface area contributed by atoms with Crippen LogP contribution in [-0.4, -0.2) is 55.0 Å². The van der Waals surface area contributed by atoms with E-state index < -0.39 is 0 Å². The van der Waals surface area contributed by atoms with Gasteiger partial charge in [0, 0.05) is 31.9 Å². The molecular formula is C14H17FN4O. The Morgan fingerprint density at radius 2 is 1.80 bits per heavy atom. The largest absolute Gasteiger partial charge is 0.325 e. The van der Waals surface area contributed by atoms with Crippen LogP contribution in [0.25, 0.3) is 0 Å². The summed E-state index contributed by atoms with van der Waals surface area (Å²) >= 11 is 0. The Labute approximate surface area is 117 Å². The van der Waals surface area contributed by atoms with Gasteiger partial charge in [0.1, 0.15) is 5.82 Å². The minimum Gasteiger partial charge on any atom is -0.325 e. The molecule has 0 bridgehead atoms. The molecule has 1 N–H and O–H groups in total. The van der Waals surface area contributed by atoms with Gasteiger partial charge in [-0.3, -0.25) is 14.6 Å². The molecule has 1 aliphatic rings. The van der Waals surface area contributed by atoms with Gasteiger partial charge in [-0.2, -0.15) is 5.26 Å². The van der Waals surface area contributed by atoms with Crippen LogP contribution >= 0.6 is 0 Å². The number of carbonyl (C=O) groups excluding carboxylic acids is 1. The van der Waals surface area contributed by atoms with E-state index in [0.717, 1.165) is 26.2 Å². The Balaban J connectivity index is 1.75. The molecule has 1 aromatic rings. The highest BCUT2D eigenvalue weighted by molar-refractivity contribution is 5.92. The van der Waals surface area contributed by atoms with Crippen LogP contribution in [0, 0.1) is 17.1 Å². The molecule has 0 radical (unpaired) electrons. The van der Waals surface area contributed by atoms with E-state index in [-0.39, 0.29) is 11.7 Å². The molecule has 0 aromatic heterocycles. The van der Waals surface area contributed by atoms with E-state index in [1.165, 1.54) is 24.3 Å². The molecule has 1 aliphatic heterocycles. The number of nitriles is 1. The molecule has 6 heteroatoms. The van der Waals surface area contributed by atoms with Crippen LogP contribution in [0.5, 0.6) is 0 Å². The fourth-order valence-electron chi connectivity index (χ4n) is 2.14. The van der Waals surface area contributed by atoms with Crippen molar-refractivity contribution in [3.63, 3.8) is 0 Å². The molecule has 0 spiro atoms. The van der Waals surface area contributed by atoms with Gasteiger partial charge in [0.2, 0.25) is 5.91 Å². The highest BCUT2D eigenvalue weighted by Crippen LogP contribution is 2.08. The predicted molar refractivity (Wildman–Crippen MR) is 73.5 cm³/mol. The molecule has 0 unspecified atom stereocenters. The van der Waals surface area contributed by atoms with Gasteiger partial charge in [0.15, 0.2) is 0 Å². The number of anilines is 1. The Hall–Kier alpha value is -1.97. The summed E-state index contributed by atoms with van der Waals surface area (Å²) in [6.07, 6.45) is 0. The van der Waals surface area contributed by atoms with Crippen LogP contribution < -0.4 is 5.32 Å². The molecule has 2 rings (SSSR count). The average Bonchev–Trinajstić information content (AvgIpc) is 2.44. The standard InChI is InChI=1S/C14H17FN4O/c15-12-1-3-13(4-2-12)17-14(20)11-19-9-7-18(6-5-16)8-10-19/h1-4H,6-11H2,(H,17,20). The van der Waals surface area contributed by atoms with Gasteiger partial charge in [-0.25, -0.2) is 4.39 Å². The number of benzene rings is 1. The zero-order valence-corrected chi connectivity index (χ0v) is 11.2.